The number of fused-ring (bicyclic) bond motifs is 1. The minimum atomic E-state index is 0.716. The van der Waals surface area contributed by atoms with Gasteiger partial charge >= 0.3 is 0 Å². The van der Waals surface area contributed by atoms with Gasteiger partial charge in [-0.05, 0) is 19.4 Å². The quantitative estimate of drug-likeness (QED) is 0.549. The van der Waals surface area contributed by atoms with Gasteiger partial charge in [-0.2, -0.15) is 0 Å². The summed E-state index contributed by atoms with van der Waals surface area (Å²) in [7, 11) is 0. The Hall–Kier alpha value is -1.32. The van der Waals surface area contributed by atoms with Crippen LogP contribution in [0.5, 0.6) is 0 Å². The molecule has 0 saturated heterocycles. The van der Waals surface area contributed by atoms with Gasteiger partial charge in [0.05, 0.1) is 0 Å². The molecule has 1 radical (unpaired) electrons. The van der Waals surface area contributed by atoms with E-state index in [9.17, 15) is 0 Å². The van der Waals surface area contributed by atoms with E-state index in [-0.39, 0.29) is 0 Å². The lowest BCUT2D eigenvalue weighted by molar-refractivity contribution is 0.474. The molecule has 4 nitrogen and oxygen atoms in total. The molecule has 2 heterocycles. The molecule has 0 aromatic carbocycles. The minimum Gasteiger partial charge on any atom is -0.284 e. The van der Waals surface area contributed by atoms with Crippen LogP contribution in [0.2, 0.25) is 0 Å². The van der Waals surface area contributed by atoms with E-state index in [2.05, 4.69) is 15.4 Å². The van der Waals surface area contributed by atoms with Crippen molar-refractivity contribution in [2.45, 2.75) is 13.8 Å². The largest absolute Gasteiger partial charge is 0.284 e. The van der Waals surface area contributed by atoms with Crippen molar-refractivity contribution in [1.29, 1.82) is 0 Å². The SMILES string of the molecule is CC1=C(C)N=C2N=CNN2[CH]1. The third-order valence-corrected chi connectivity index (χ3v) is 1.75. The van der Waals surface area contributed by atoms with E-state index in [1.807, 2.05) is 20.4 Å². The summed E-state index contributed by atoms with van der Waals surface area (Å²) in [6, 6.07) is 0. The Kier molecular flexibility index (Phi) is 1.21. The molecule has 0 saturated carbocycles. The molecule has 0 aromatic heterocycles. The van der Waals surface area contributed by atoms with E-state index >= 15 is 0 Å². The first-order valence-electron chi connectivity index (χ1n) is 3.46. The number of hydrogen-bond donors (Lipinski definition) is 1. The average molecular weight is 149 g/mol. The molecule has 0 aromatic rings. The summed E-state index contributed by atoms with van der Waals surface area (Å²) in [5.74, 6) is 0.716. The Morgan fingerprint density at radius 3 is 3.09 bits per heavy atom. The predicted molar refractivity (Wildman–Crippen MR) is 43.6 cm³/mol. The molecule has 0 spiro atoms. The fourth-order valence-electron chi connectivity index (χ4n) is 0.972. The molecule has 4 heteroatoms. The average Bonchev–Trinajstić information content (AvgIpc) is 2.36. The molecule has 1 N–H and O–H groups in total. The molecule has 2 aliphatic rings. The Balaban J connectivity index is 2.36. The van der Waals surface area contributed by atoms with Crippen LogP contribution in [-0.2, 0) is 0 Å². The van der Waals surface area contributed by atoms with Crippen LogP contribution >= 0.6 is 0 Å². The van der Waals surface area contributed by atoms with Gasteiger partial charge in [0, 0.05) is 5.70 Å². The molecule has 0 unspecified atom stereocenters. The minimum absolute atomic E-state index is 0.716. The van der Waals surface area contributed by atoms with Crippen LogP contribution in [-0.4, -0.2) is 17.3 Å². The van der Waals surface area contributed by atoms with E-state index < -0.39 is 0 Å². The summed E-state index contributed by atoms with van der Waals surface area (Å²) in [6.07, 6.45) is 1.63. The van der Waals surface area contributed by atoms with Crippen molar-refractivity contribution in [2.75, 3.05) is 0 Å². The maximum atomic E-state index is 4.26. The van der Waals surface area contributed by atoms with E-state index in [1.165, 1.54) is 0 Å². The number of allylic oxidation sites excluding steroid dienone is 1. The molecule has 0 bridgehead atoms. The molecule has 57 valence electrons. The third-order valence-electron chi connectivity index (χ3n) is 1.75. The van der Waals surface area contributed by atoms with Crippen molar-refractivity contribution < 1.29 is 0 Å². The van der Waals surface area contributed by atoms with E-state index in [1.54, 1.807) is 11.3 Å². The summed E-state index contributed by atoms with van der Waals surface area (Å²) < 4.78 is 0. The lowest BCUT2D eigenvalue weighted by Gasteiger charge is -2.21. The van der Waals surface area contributed by atoms with Gasteiger partial charge in [-0.3, -0.25) is 5.43 Å². The van der Waals surface area contributed by atoms with Gasteiger partial charge in [-0.15, -0.1) is 0 Å². The highest BCUT2D eigenvalue weighted by molar-refractivity contribution is 5.94. The van der Waals surface area contributed by atoms with Crippen molar-refractivity contribution in [1.82, 2.24) is 10.4 Å². The molecule has 0 aliphatic carbocycles. The zero-order valence-electron chi connectivity index (χ0n) is 6.50. The van der Waals surface area contributed by atoms with Gasteiger partial charge in [0.15, 0.2) is 0 Å². The van der Waals surface area contributed by atoms with Gasteiger partial charge < -0.3 is 0 Å². The fraction of sp³-hybridized carbons (Fsp3) is 0.286. The summed E-state index contributed by atoms with van der Waals surface area (Å²) in [5.41, 5.74) is 5.11. The van der Waals surface area contributed by atoms with Crippen LogP contribution < -0.4 is 5.43 Å². The summed E-state index contributed by atoms with van der Waals surface area (Å²) in [6.45, 7) is 5.98. The second kappa shape index (κ2) is 2.08. The number of hydrazine groups is 1. The lowest BCUT2D eigenvalue weighted by Crippen LogP contribution is -2.35. The van der Waals surface area contributed by atoms with E-state index in [4.69, 9.17) is 0 Å². The van der Waals surface area contributed by atoms with Gasteiger partial charge in [0.25, 0.3) is 0 Å². The Labute approximate surface area is 65.3 Å². The monoisotopic (exact) mass is 149 g/mol. The normalized spacial score (nSPS) is 21.6. The highest BCUT2D eigenvalue weighted by Gasteiger charge is 2.19. The number of nitrogens with zero attached hydrogens (tertiary/aromatic N) is 3. The number of aliphatic imine (C=N–C) groups is 2. The molecular formula is C7H9N4. The molecule has 0 fully saturated rings. The smallest absolute Gasteiger partial charge is 0.246 e. The molecular weight excluding hydrogens is 140 g/mol. The Morgan fingerprint density at radius 2 is 2.27 bits per heavy atom. The van der Waals surface area contributed by atoms with Crippen LogP contribution in [0.3, 0.4) is 0 Å². The molecule has 0 amide bonds. The van der Waals surface area contributed by atoms with Crippen molar-refractivity contribution in [3.8, 4) is 0 Å². The fourth-order valence-corrected chi connectivity index (χ4v) is 0.972. The zero-order chi connectivity index (χ0) is 7.84. The van der Waals surface area contributed by atoms with Crippen LogP contribution in [0.25, 0.3) is 0 Å². The van der Waals surface area contributed by atoms with Crippen molar-refractivity contribution in [2.24, 2.45) is 9.98 Å². The lowest BCUT2D eigenvalue weighted by atomic mass is 10.2. The highest BCUT2D eigenvalue weighted by Crippen LogP contribution is 2.18. The van der Waals surface area contributed by atoms with Gasteiger partial charge in [0.2, 0.25) is 5.96 Å². The van der Waals surface area contributed by atoms with Crippen molar-refractivity contribution >= 4 is 12.3 Å². The maximum Gasteiger partial charge on any atom is 0.246 e. The first kappa shape index (κ1) is 6.39. The van der Waals surface area contributed by atoms with Crippen LogP contribution in [0, 0.1) is 6.54 Å². The van der Waals surface area contributed by atoms with E-state index in [0.717, 1.165) is 11.3 Å². The summed E-state index contributed by atoms with van der Waals surface area (Å²) >= 11 is 0. The third kappa shape index (κ3) is 0.906. The number of nitrogens with one attached hydrogen (secondary N) is 1. The highest BCUT2D eigenvalue weighted by atomic mass is 15.6. The Morgan fingerprint density at radius 1 is 1.45 bits per heavy atom. The van der Waals surface area contributed by atoms with Gasteiger partial charge in [0.1, 0.15) is 12.9 Å². The molecule has 2 rings (SSSR count). The van der Waals surface area contributed by atoms with Crippen molar-refractivity contribution in [3.63, 3.8) is 0 Å². The van der Waals surface area contributed by atoms with Crippen LogP contribution in [0.4, 0.5) is 0 Å². The number of hydrogen-bond acceptors (Lipinski definition) is 4. The molecule has 2 aliphatic heterocycles. The second-order valence-electron chi connectivity index (χ2n) is 2.57. The first-order valence-corrected chi connectivity index (χ1v) is 3.46. The first-order chi connectivity index (χ1) is 5.27. The van der Waals surface area contributed by atoms with Gasteiger partial charge in [-0.25, -0.2) is 15.0 Å². The topological polar surface area (TPSA) is 40.0 Å². The van der Waals surface area contributed by atoms with Crippen LogP contribution in [0.15, 0.2) is 21.3 Å². The summed E-state index contributed by atoms with van der Waals surface area (Å²) in [5, 5.41) is 1.79. The maximum absolute atomic E-state index is 4.26. The molecule has 11 heavy (non-hydrogen) atoms. The summed E-state index contributed by atoms with van der Waals surface area (Å²) in [4.78, 5) is 8.27. The standard InChI is InChI=1S/C7H9N4/c1-5-3-11-7(8-4-9-11)10-6(5)2/h3-4H,1-2H3,(H,8,9,10). The van der Waals surface area contributed by atoms with Crippen molar-refractivity contribution in [3.05, 3.63) is 17.8 Å². The number of rotatable bonds is 0. The second-order valence-corrected chi connectivity index (χ2v) is 2.57. The van der Waals surface area contributed by atoms with E-state index in [0.29, 0.717) is 5.96 Å². The molecule has 0 atom stereocenters. The zero-order valence-corrected chi connectivity index (χ0v) is 6.50. The predicted octanol–water partition coefficient (Wildman–Crippen LogP) is 0.660. The van der Waals surface area contributed by atoms with Gasteiger partial charge in [-0.1, -0.05) is 0 Å². The van der Waals surface area contributed by atoms with Crippen LogP contribution in [0.1, 0.15) is 13.8 Å². The Bertz CT molecular complexity index is 274. The number of guanidine groups is 1.